The van der Waals surface area contributed by atoms with Gasteiger partial charge < -0.3 is 14.6 Å². The topological polar surface area (TPSA) is 38.7 Å². The van der Waals surface area contributed by atoms with Crippen molar-refractivity contribution >= 4 is 0 Å². The van der Waals surface area contributed by atoms with Crippen LogP contribution in [0.3, 0.4) is 0 Å². The van der Waals surface area contributed by atoms with E-state index in [4.69, 9.17) is 9.47 Å². The highest BCUT2D eigenvalue weighted by molar-refractivity contribution is 4.86. The first-order valence-electron chi connectivity index (χ1n) is 5.62. The lowest BCUT2D eigenvalue weighted by Gasteiger charge is -2.28. The van der Waals surface area contributed by atoms with Crippen molar-refractivity contribution in [2.24, 2.45) is 0 Å². The number of hydrogen-bond acceptors (Lipinski definition) is 3. The predicted molar refractivity (Wildman–Crippen MR) is 53.0 cm³/mol. The Morgan fingerprint density at radius 1 is 1.07 bits per heavy atom. The molecule has 1 heterocycles. The Morgan fingerprint density at radius 2 is 1.64 bits per heavy atom. The first kappa shape index (κ1) is 10.4. The van der Waals surface area contributed by atoms with Gasteiger partial charge in [-0.25, -0.2) is 0 Å². The van der Waals surface area contributed by atoms with Crippen LogP contribution >= 0.6 is 0 Å². The van der Waals surface area contributed by atoms with Crippen LogP contribution in [-0.2, 0) is 9.47 Å². The lowest BCUT2D eigenvalue weighted by Crippen LogP contribution is -2.32. The molecule has 3 nitrogen and oxygen atoms in total. The van der Waals surface area contributed by atoms with Crippen LogP contribution in [0.25, 0.3) is 0 Å². The molecule has 1 aliphatic carbocycles. The second-order valence-electron chi connectivity index (χ2n) is 4.76. The van der Waals surface area contributed by atoms with Gasteiger partial charge in [0.05, 0.1) is 18.8 Å². The third-order valence-electron chi connectivity index (χ3n) is 3.48. The number of ether oxygens (including phenoxy) is 2. The fourth-order valence-electron chi connectivity index (χ4n) is 2.44. The zero-order chi connectivity index (χ0) is 10.1. The van der Waals surface area contributed by atoms with Gasteiger partial charge in [0.2, 0.25) is 0 Å². The van der Waals surface area contributed by atoms with Gasteiger partial charge in [0.1, 0.15) is 0 Å². The Hall–Kier alpha value is -0.120. The lowest BCUT2D eigenvalue weighted by atomic mass is 9.93. The summed E-state index contributed by atoms with van der Waals surface area (Å²) < 4.78 is 11.0. The molecule has 0 aromatic carbocycles. The molecule has 0 atom stereocenters. The molecule has 0 spiro atoms. The van der Waals surface area contributed by atoms with Crippen molar-refractivity contribution in [3.63, 3.8) is 0 Å². The first-order valence-corrected chi connectivity index (χ1v) is 5.62. The third-order valence-corrected chi connectivity index (χ3v) is 3.48. The number of rotatable bonds is 3. The molecule has 0 amide bonds. The average molecular weight is 200 g/mol. The Kier molecular flexibility index (Phi) is 2.82. The van der Waals surface area contributed by atoms with Gasteiger partial charge in [-0.15, -0.1) is 0 Å². The molecule has 82 valence electrons. The minimum absolute atomic E-state index is 0.432. The molecule has 14 heavy (non-hydrogen) atoms. The summed E-state index contributed by atoms with van der Waals surface area (Å²) in [6.45, 7) is 3.35. The van der Waals surface area contributed by atoms with Gasteiger partial charge in [-0.2, -0.15) is 0 Å². The van der Waals surface area contributed by atoms with Crippen molar-refractivity contribution in [3.8, 4) is 0 Å². The Morgan fingerprint density at radius 3 is 2.21 bits per heavy atom. The molecule has 1 saturated heterocycles. The maximum Gasteiger partial charge on any atom is 0.165 e. The second-order valence-corrected chi connectivity index (χ2v) is 4.76. The molecule has 1 aliphatic heterocycles. The summed E-state index contributed by atoms with van der Waals surface area (Å²) in [6, 6.07) is 0. The normalized spacial score (nSPS) is 29.6. The molecule has 0 bridgehead atoms. The largest absolute Gasteiger partial charge is 0.390 e. The fraction of sp³-hybridized carbons (Fsp3) is 1.00. The highest BCUT2D eigenvalue weighted by Crippen LogP contribution is 2.36. The predicted octanol–water partition coefficient (Wildman–Crippen LogP) is 1.83. The molecule has 1 N–H and O–H groups in total. The van der Waals surface area contributed by atoms with E-state index in [1.165, 1.54) is 0 Å². The molecule has 0 radical (unpaired) electrons. The van der Waals surface area contributed by atoms with Crippen molar-refractivity contribution in [3.05, 3.63) is 0 Å². The molecule has 3 heteroatoms. The van der Waals surface area contributed by atoms with Crippen molar-refractivity contribution in [1.82, 2.24) is 0 Å². The zero-order valence-corrected chi connectivity index (χ0v) is 8.92. The van der Waals surface area contributed by atoms with Crippen molar-refractivity contribution in [1.29, 1.82) is 0 Å². The molecular formula is C11H20O3. The van der Waals surface area contributed by atoms with Crippen LogP contribution in [0.2, 0.25) is 0 Å². The van der Waals surface area contributed by atoms with E-state index in [-0.39, 0.29) is 0 Å². The summed E-state index contributed by atoms with van der Waals surface area (Å²) in [6.07, 6.45) is 5.84. The molecule has 2 fully saturated rings. The highest BCUT2D eigenvalue weighted by Gasteiger charge is 2.37. The molecule has 0 unspecified atom stereocenters. The average Bonchev–Trinajstić information content (AvgIpc) is 2.74. The van der Waals surface area contributed by atoms with Crippen molar-refractivity contribution in [2.75, 3.05) is 13.2 Å². The van der Waals surface area contributed by atoms with Crippen LogP contribution in [0.5, 0.6) is 0 Å². The molecule has 0 aromatic heterocycles. The SMILES string of the molecule is CC1(CCC2(O)CCCC2)OCCO1. The minimum Gasteiger partial charge on any atom is -0.390 e. The van der Waals surface area contributed by atoms with Crippen LogP contribution in [-0.4, -0.2) is 29.7 Å². The Balaban J connectivity index is 1.80. The van der Waals surface area contributed by atoms with E-state index < -0.39 is 11.4 Å². The van der Waals surface area contributed by atoms with E-state index in [2.05, 4.69) is 0 Å². The second kappa shape index (κ2) is 3.80. The van der Waals surface area contributed by atoms with E-state index in [1.54, 1.807) is 0 Å². The monoisotopic (exact) mass is 200 g/mol. The van der Waals surface area contributed by atoms with Gasteiger partial charge in [0, 0.05) is 6.42 Å². The van der Waals surface area contributed by atoms with Gasteiger partial charge in [0.25, 0.3) is 0 Å². The maximum atomic E-state index is 10.2. The fourth-order valence-corrected chi connectivity index (χ4v) is 2.44. The summed E-state index contributed by atoms with van der Waals surface area (Å²) in [7, 11) is 0. The molecular weight excluding hydrogens is 180 g/mol. The van der Waals surface area contributed by atoms with Crippen LogP contribution < -0.4 is 0 Å². The maximum absolute atomic E-state index is 10.2. The molecule has 1 saturated carbocycles. The first-order chi connectivity index (χ1) is 6.62. The summed E-state index contributed by atoms with van der Waals surface area (Å²) in [4.78, 5) is 0. The van der Waals surface area contributed by atoms with E-state index in [1.807, 2.05) is 6.92 Å². The van der Waals surface area contributed by atoms with E-state index >= 15 is 0 Å². The minimum atomic E-state index is -0.432. The van der Waals surface area contributed by atoms with Crippen LogP contribution in [0.1, 0.15) is 45.4 Å². The van der Waals surface area contributed by atoms with E-state index in [0.29, 0.717) is 13.2 Å². The van der Waals surface area contributed by atoms with E-state index in [0.717, 1.165) is 38.5 Å². The smallest absolute Gasteiger partial charge is 0.165 e. The summed E-state index contributed by atoms with van der Waals surface area (Å²) >= 11 is 0. The molecule has 0 aromatic rings. The summed E-state index contributed by atoms with van der Waals surface area (Å²) in [5.74, 6) is -0.432. The standard InChI is InChI=1S/C11H20O3/c1-10(13-8-9-14-10)6-7-11(12)4-2-3-5-11/h12H,2-9H2,1H3. The van der Waals surface area contributed by atoms with Gasteiger partial charge in [0.15, 0.2) is 5.79 Å². The van der Waals surface area contributed by atoms with Crippen molar-refractivity contribution < 1.29 is 14.6 Å². The Bertz CT molecular complexity index is 169. The van der Waals surface area contributed by atoms with Gasteiger partial charge in [-0.05, 0) is 26.2 Å². The Labute approximate surface area is 85.4 Å². The summed E-state index contributed by atoms with van der Waals surface area (Å²) in [5, 5.41) is 10.2. The molecule has 2 rings (SSSR count). The van der Waals surface area contributed by atoms with Crippen LogP contribution in [0.4, 0.5) is 0 Å². The number of aliphatic hydroxyl groups is 1. The molecule has 2 aliphatic rings. The quantitative estimate of drug-likeness (QED) is 0.755. The van der Waals surface area contributed by atoms with E-state index in [9.17, 15) is 5.11 Å². The zero-order valence-electron chi connectivity index (χ0n) is 8.92. The van der Waals surface area contributed by atoms with Crippen LogP contribution in [0.15, 0.2) is 0 Å². The van der Waals surface area contributed by atoms with Gasteiger partial charge >= 0.3 is 0 Å². The van der Waals surface area contributed by atoms with Gasteiger partial charge in [-0.3, -0.25) is 0 Å². The number of hydrogen-bond donors (Lipinski definition) is 1. The van der Waals surface area contributed by atoms with Crippen LogP contribution in [0, 0.1) is 0 Å². The highest BCUT2D eigenvalue weighted by atomic mass is 16.7. The lowest BCUT2D eigenvalue weighted by molar-refractivity contribution is -0.156. The van der Waals surface area contributed by atoms with Crippen molar-refractivity contribution in [2.45, 2.75) is 56.8 Å². The summed E-state index contributed by atoms with van der Waals surface area (Å²) in [5.41, 5.74) is -0.432. The van der Waals surface area contributed by atoms with Gasteiger partial charge in [-0.1, -0.05) is 12.8 Å². The third kappa shape index (κ3) is 2.27.